The van der Waals surface area contributed by atoms with Gasteiger partial charge in [-0.3, -0.25) is 9.78 Å². The van der Waals surface area contributed by atoms with Gasteiger partial charge in [-0.05, 0) is 18.1 Å². The number of amides is 1. The lowest BCUT2D eigenvalue weighted by atomic mass is 10.2. The molecule has 0 bridgehead atoms. The molecule has 0 aromatic carbocycles. The highest BCUT2D eigenvalue weighted by atomic mass is 16.1. The molecular weight excluding hydrogens is 164 g/mol. The van der Waals surface area contributed by atoms with E-state index in [0.29, 0.717) is 13.0 Å². The lowest BCUT2D eigenvalue weighted by Gasteiger charge is -2.02. The minimum absolute atomic E-state index is 0. The molecule has 0 spiro atoms. The predicted octanol–water partition coefficient (Wildman–Crippen LogP) is 1.74. The molecule has 1 heterocycles. The minimum Gasteiger partial charge on any atom is -0.352 e. The highest BCUT2D eigenvalue weighted by Gasteiger charge is 1.98. The summed E-state index contributed by atoms with van der Waals surface area (Å²) in [5, 5.41) is 2.82. The number of hydrogen-bond acceptors (Lipinski definition) is 2. The highest BCUT2D eigenvalue weighted by molar-refractivity contribution is 5.75. The van der Waals surface area contributed by atoms with Crippen LogP contribution in [0.3, 0.4) is 0 Å². The van der Waals surface area contributed by atoms with Gasteiger partial charge in [0.25, 0.3) is 0 Å². The van der Waals surface area contributed by atoms with Gasteiger partial charge in [0, 0.05) is 26.8 Å². The molecule has 3 nitrogen and oxygen atoms in total. The maximum Gasteiger partial charge on any atom is 0.220 e. The molecule has 3 heteroatoms. The van der Waals surface area contributed by atoms with Crippen molar-refractivity contribution in [2.45, 2.75) is 26.3 Å². The van der Waals surface area contributed by atoms with Crippen molar-refractivity contribution in [2.24, 2.45) is 0 Å². The summed E-state index contributed by atoms with van der Waals surface area (Å²) in [5.74, 6) is 0.103. The third-order valence-corrected chi connectivity index (χ3v) is 1.69. The molecule has 0 radical (unpaired) electrons. The lowest BCUT2D eigenvalue weighted by molar-refractivity contribution is -0.121. The van der Waals surface area contributed by atoms with E-state index in [4.69, 9.17) is 0 Å². The average molecular weight is 180 g/mol. The first-order chi connectivity index (χ1) is 6.33. The van der Waals surface area contributed by atoms with Crippen LogP contribution in [0.15, 0.2) is 24.5 Å². The molecule has 0 aliphatic heterocycles. The first-order valence-corrected chi connectivity index (χ1v) is 4.48. The van der Waals surface area contributed by atoms with Crippen LogP contribution in [0.4, 0.5) is 0 Å². The van der Waals surface area contributed by atoms with Gasteiger partial charge >= 0.3 is 0 Å². The SMILES string of the molecule is CCCC(=O)NCc1cccnc1.[HH]. The van der Waals surface area contributed by atoms with Crippen LogP contribution in [-0.4, -0.2) is 10.9 Å². The van der Waals surface area contributed by atoms with Gasteiger partial charge in [-0.15, -0.1) is 0 Å². The fraction of sp³-hybridized carbons (Fsp3) is 0.400. The molecule has 0 saturated heterocycles. The summed E-state index contributed by atoms with van der Waals surface area (Å²) >= 11 is 0. The molecule has 0 unspecified atom stereocenters. The Morgan fingerprint density at radius 2 is 2.54 bits per heavy atom. The lowest BCUT2D eigenvalue weighted by Crippen LogP contribution is -2.22. The van der Waals surface area contributed by atoms with Gasteiger partial charge < -0.3 is 5.32 Å². The van der Waals surface area contributed by atoms with Crippen molar-refractivity contribution < 1.29 is 6.22 Å². The second-order valence-corrected chi connectivity index (χ2v) is 2.89. The Hall–Kier alpha value is -1.38. The topological polar surface area (TPSA) is 42.0 Å². The van der Waals surface area contributed by atoms with Crippen molar-refractivity contribution in [1.82, 2.24) is 10.3 Å². The highest BCUT2D eigenvalue weighted by Crippen LogP contribution is 1.95. The van der Waals surface area contributed by atoms with Crippen LogP contribution in [-0.2, 0) is 11.3 Å². The molecule has 0 aliphatic carbocycles. The van der Waals surface area contributed by atoms with Crippen molar-refractivity contribution in [2.75, 3.05) is 0 Å². The van der Waals surface area contributed by atoms with Crippen LogP contribution in [0.25, 0.3) is 0 Å². The van der Waals surface area contributed by atoms with Crippen molar-refractivity contribution in [1.29, 1.82) is 0 Å². The summed E-state index contributed by atoms with van der Waals surface area (Å²) in [4.78, 5) is 15.0. The van der Waals surface area contributed by atoms with E-state index in [-0.39, 0.29) is 7.33 Å². The maximum absolute atomic E-state index is 11.1. The predicted molar refractivity (Wildman–Crippen MR) is 53.1 cm³/mol. The Morgan fingerprint density at radius 3 is 3.15 bits per heavy atom. The summed E-state index contributed by atoms with van der Waals surface area (Å²) in [5.41, 5.74) is 1.03. The molecule has 72 valence electrons. The summed E-state index contributed by atoms with van der Waals surface area (Å²) in [6.45, 7) is 2.57. The third-order valence-electron chi connectivity index (χ3n) is 1.69. The van der Waals surface area contributed by atoms with Crippen molar-refractivity contribution in [3.8, 4) is 0 Å². The molecule has 0 atom stereocenters. The summed E-state index contributed by atoms with van der Waals surface area (Å²) in [7, 11) is 0. The summed E-state index contributed by atoms with van der Waals surface area (Å²) < 4.78 is 0. The molecule has 1 aromatic heterocycles. The second-order valence-electron chi connectivity index (χ2n) is 2.89. The number of carbonyl (C=O) groups excluding carboxylic acids is 1. The number of rotatable bonds is 4. The molecule has 13 heavy (non-hydrogen) atoms. The van der Waals surface area contributed by atoms with E-state index >= 15 is 0 Å². The molecule has 1 aromatic rings. The summed E-state index contributed by atoms with van der Waals surface area (Å²) in [6.07, 6.45) is 4.96. The van der Waals surface area contributed by atoms with E-state index in [1.165, 1.54) is 0 Å². The standard InChI is InChI=1S/C10H14N2O.H2/c1-2-4-10(13)12-8-9-5-3-6-11-7-9;/h3,5-7H,2,4,8H2,1H3,(H,12,13);1H. The van der Waals surface area contributed by atoms with Gasteiger partial charge in [0.05, 0.1) is 0 Å². The van der Waals surface area contributed by atoms with E-state index in [1.54, 1.807) is 12.4 Å². The number of pyridine rings is 1. The van der Waals surface area contributed by atoms with E-state index in [2.05, 4.69) is 10.3 Å². The molecule has 0 saturated carbocycles. The van der Waals surface area contributed by atoms with Crippen LogP contribution in [0, 0.1) is 0 Å². The Morgan fingerprint density at radius 1 is 1.69 bits per heavy atom. The number of nitrogens with one attached hydrogen (secondary N) is 1. The third kappa shape index (κ3) is 3.69. The number of aromatic nitrogens is 1. The van der Waals surface area contributed by atoms with Gasteiger partial charge in [0.15, 0.2) is 0 Å². The zero-order valence-corrected chi connectivity index (χ0v) is 7.79. The van der Waals surface area contributed by atoms with Crippen molar-refractivity contribution >= 4 is 5.91 Å². The largest absolute Gasteiger partial charge is 0.352 e. The van der Waals surface area contributed by atoms with Crippen molar-refractivity contribution in [3.05, 3.63) is 30.1 Å². The average Bonchev–Trinajstić information content (AvgIpc) is 2.17. The quantitative estimate of drug-likeness (QED) is 0.767. The van der Waals surface area contributed by atoms with Crippen molar-refractivity contribution in [3.63, 3.8) is 0 Å². The normalized spacial score (nSPS) is 9.62. The zero-order valence-electron chi connectivity index (χ0n) is 7.79. The Balaban J connectivity index is 0.00000169. The van der Waals surface area contributed by atoms with Crippen LogP contribution < -0.4 is 5.32 Å². The maximum atomic E-state index is 11.1. The minimum atomic E-state index is 0. The Bertz CT molecular complexity index is 264. The monoisotopic (exact) mass is 180 g/mol. The van der Waals surface area contributed by atoms with Crippen LogP contribution >= 0.6 is 0 Å². The van der Waals surface area contributed by atoms with Gasteiger partial charge in [-0.25, -0.2) is 0 Å². The molecular formula is C10H16N2O. The van der Waals surface area contributed by atoms with Gasteiger partial charge in [-0.1, -0.05) is 13.0 Å². The van der Waals surface area contributed by atoms with Crippen LogP contribution in [0.1, 0.15) is 26.8 Å². The molecule has 1 rings (SSSR count). The number of carbonyl (C=O) groups is 1. The fourth-order valence-electron chi connectivity index (χ4n) is 1.02. The van der Waals surface area contributed by atoms with E-state index in [0.717, 1.165) is 12.0 Å². The zero-order chi connectivity index (χ0) is 9.52. The number of nitrogens with zero attached hydrogens (tertiary/aromatic N) is 1. The first kappa shape index (κ1) is 9.71. The molecule has 1 N–H and O–H groups in total. The fourth-order valence-corrected chi connectivity index (χ4v) is 1.02. The van der Waals surface area contributed by atoms with E-state index in [1.807, 2.05) is 19.1 Å². The van der Waals surface area contributed by atoms with E-state index in [9.17, 15) is 4.79 Å². The molecule has 0 aliphatic rings. The second kappa shape index (κ2) is 5.30. The van der Waals surface area contributed by atoms with Gasteiger partial charge in [0.2, 0.25) is 5.91 Å². The first-order valence-electron chi connectivity index (χ1n) is 4.48. The molecule has 0 fully saturated rings. The summed E-state index contributed by atoms with van der Waals surface area (Å²) in [6, 6.07) is 3.81. The Kier molecular flexibility index (Phi) is 3.96. The smallest absolute Gasteiger partial charge is 0.220 e. The van der Waals surface area contributed by atoms with Crippen LogP contribution in [0.5, 0.6) is 0 Å². The van der Waals surface area contributed by atoms with E-state index < -0.39 is 0 Å². The number of hydrogen-bond donors (Lipinski definition) is 1. The Labute approximate surface area is 79.7 Å². The van der Waals surface area contributed by atoms with Gasteiger partial charge in [-0.2, -0.15) is 0 Å². The van der Waals surface area contributed by atoms with Gasteiger partial charge in [0.1, 0.15) is 0 Å². The van der Waals surface area contributed by atoms with Crippen LogP contribution in [0.2, 0.25) is 0 Å². The molecule has 1 amide bonds.